The van der Waals surface area contributed by atoms with Crippen molar-refractivity contribution in [3.05, 3.63) is 41.6 Å². The third-order valence-electron chi connectivity index (χ3n) is 2.39. The molecule has 0 fully saturated rings. The molecule has 2 rings (SSSR count). The van der Waals surface area contributed by atoms with E-state index in [1.54, 1.807) is 16.8 Å². The lowest BCUT2D eigenvalue weighted by Gasteiger charge is -2.06. The second-order valence-electron chi connectivity index (χ2n) is 3.82. The minimum atomic E-state index is 0.292. The molecule has 1 heterocycles. The van der Waals surface area contributed by atoms with Crippen LogP contribution in [0.1, 0.15) is 11.3 Å². The van der Waals surface area contributed by atoms with Crippen molar-refractivity contribution in [3.8, 4) is 5.75 Å². The Bertz CT molecular complexity index is 491. The molecule has 2 N–H and O–H groups in total. The Morgan fingerprint density at radius 3 is 2.81 bits per heavy atom. The maximum Gasteiger partial charge on any atom is 0.124 e. The number of aromatic hydroxyl groups is 1. The molecule has 0 aliphatic heterocycles. The molecule has 0 amide bonds. The predicted molar refractivity (Wildman–Crippen MR) is 63.4 cm³/mol. The maximum atomic E-state index is 9.32. The summed E-state index contributed by atoms with van der Waals surface area (Å²) in [5.74, 6) is 1.27. The molecule has 0 saturated heterocycles. The van der Waals surface area contributed by atoms with Gasteiger partial charge in [-0.3, -0.25) is 4.68 Å². The van der Waals surface area contributed by atoms with Gasteiger partial charge in [-0.05, 0) is 24.6 Å². The Kier molecular flexibility index (Phi) is 2.81. The molecule has 1 aromatic heterocycles. The van der Waals surface area contributed by atoms with Gasteiger partial charge in [0.25, 0.3) is 0 Å². The largest absolute Gasteiger partial charge is 0.508 e. The van der Waals surface area contributed by atoms with Crippen molar-refractivity contribution < 1.29 is 5.11 Å². The molecule has 4 nitrogen and oxygen atoms in total. The van der Waals surface area contributed by atoms with Crippen LogP contribution in [0.2, 0.25) is 0 Å². The van der Waals surface area contributed by atoms with Crippen molar-refractivity contribution >= 4 is 5.82 Å². The van der Waals surface area contributed by atoms with Crippen molar-refractivity contribution in [2.24, 2.45) is 7.05 Å². The van der Waals surface area contributed by atoms with Gasteiger partial charge in [-0.2, -0.15) is 5.10 Å². The first kappa shape index (κ1) is 10.5. The van der Waals surface area contributed by atoms with E-state index < -0.39 is 0 Å². The van der Waals surface area contributed by atoms with Crippen LogP contribution in [0.25, 0.3) is 0 Å². The molecule has 84 valence electrons. The van der Waals surface area contributed by atoms with E-state index in [1.165, 1.54) is 0 Å². The van der Waals surface area contributed by atoms with E-state index in [-0.39, 0.29) is 0 Å². The van der Waals surface area contributed by atoms with Crippen LogP contribution >= 0.6 is 0 Å². The fourth-order valence-corrected chi connectivity index (χ4v) is 1.64. The Hall–Kier alpha value is -1.97. The topological polar surface area (TPSA) is 50.1 Å². The van der Waals surface area contributed by atoms with Crippen LogP contribution in [0.15, 0.2) is 30.3 Å². The van der Waals surface area contributed by atoms with Gasteiger partial charge < -0.3 is 10.4 Å². The zero-order valence-corrected chi connectivity index (χ0v) is 9.44. The molecular weight excluding hydrogens is 202 g/mol. The quantitative estimate of drug-likeness (QED) is 0.827. The Morgan fingerprint density at radius 1 is 1.38 bits per heavy atom. The maximum absolute atomic E-state index is 9.32. The highest BCUT2D eigenvalue weighted by molar-refractivity contribution is 5.38. The van der Waals surface area contributed by atoms with Gasteiger partial charge in [-0.15, -0.1) is 0 Å². The molecule has 4 heteroatoms. The number of hydrogen-bond acceptors (Lipinski definition) is 3. The van der Waals surface area contributed by atoms with E-state index in [4.69, 9.17) is 0 Å². The highest BCUT2D eigenvalue weighted by Crippen LogP contribution is 2.13. The number of nitrogens with one attached hydrogen (secondary N) is 1. The van der Waals surface area contributed by atoms with Crippen LogP contribution < -0.4 is 5.32 Å². The van der Waals surface area contributed by atoms with Crippen molar-refractivity contribution in [3.63, 3.8) is 0 Å². The van der Waals surface area contributed by atoms with Crippen molar-refractivity contribution in [2.75, 3.05) is 5.32 Å². The highest BCUT2D eigenvalue weighted by atomic mass is 16.3. The molecular formula is C12H15N3O. The summed E-state index contributed by atoms with van der Waals surface area (Å²) >= 11 is 0. The number of nitrogens with zero attached hydrogens (tertiary/aromatic N) is 2. The lowest BCUT2D eigenvalue weighted by Crippen LogP contribution is -2.04. The van der Waals surface area contributed by atoms with Crippen LogP contribution in [0.5, 0.6) is 5.75 Å². The molecule has 1 aromatic carbocycles. The van der Waals surface area contributed by atoms with Crippen LogP contribution in [-0.4, -0.2) is 14.9 Å². The first-order chi connectivity index (χ1) is 7.65. The Morgan fingerprint density at radius 2 is 2.19 bits per heavy atom. The molecule has 0 radical (unpaired) electrons. The van der Waals surface area contributed by atoms with E-state index in [0.717, 1.165) is 17.1 Å². The van der Waals surface area contributed by atoms with E-state index in [1.807, 2.05) is 32.2 Å². The zero-order chi connectivity index (χ0) is 11.5. The van der Waals surface area contributed by atoms with Crippen molar-refractivity contribution in [2.45, 2.75) is 13.5 Å². The molecule has 0 unspecified atom stereocenters. The van der Waals surface area contributed by atoms with Crippen molar-refractivity contribution in [1.29, 1.82) is 0 Å². The molecule has 0 aliphatic carbocycles. The Labute approximate surface area is 94.5 Å². The molecule has 0 spiro atoms. The fourth-order valence-electron chi connectivity index (χ4n) is 1.64. The first-order valence-electron chi connectivity index (χ1n) is 5.17. The van der Waals surface area contributed by atoms with E-state index in [0.29, 0.717) is 12.3 Å². The second kappa shape index (κ2) is 4.26. The summed E-state index contributed by atoms with van der Waals surface area (Å²) in [4.78, 5) is 0. The number of rotatable bonds is 3. The van der Waals surface area contributed by atoms with E-state index in [9.17, 15) is 5.11 Å². The summed E-state index contributed by atoms with van der Waals surface area (Å²) in [7, 11) is 1.90. The van der Waals surface area contributed by atoms with Gasteiger partial charge in [-0.25, -0.2) is 0 Å². The SMILES string of the molecule is Cc1cc(NCc2cccc(O)c2)n(C)n1. The summed E-state index contributed by atoms with van der Waals surface area (Å²) in [6, 6.07) is 9.20. The number of aryl methyl sites for hydroxylation is 2. The van der Waals surface area contributed by atoms with Crippen LogP contribution in [0.3, 0.4) is 0 Å². The monoisotopic (exact) mass is 217 g/mol. The Balaban J connectivity index is 2.05. The van der Waals surface area contributed by atoms with Gasteiger partial charge in [0, 0.05) is 19.7 Å². The second-order valence-corrected chi connectivity index (χ2v) is 3.82. The summed E-state index contributed by atoms with van der Waals surface area (Å²) in [5.41, 5.74) is 2.03. The van der Waals surface area contributed by atoms with E-state index in [2.05, 4.69) is 10.4 Å². The average molecular weight is 217 g/mol. The summed E-state index contributed by atoms with van der Waals surface area (Å²) in [5, 5.41) is 16.8. The number of phenolic OH excluding ortho intramolecular Hbond substituents is 1. The number of anilines is 1. The van der Waals surface area contributed by atoms with Gasteiger partial charge >= 0.3 is 0 Å². The molecule has 0 aliphatic rings. The smallest absolute Gasteiger partial charge is 0.124 e. The molecule has 0 atom stereocenters. The summed E-state index contributed by atoms with van der Waals surface area (Å²) < 4.78 is 1.80. The zero-order valence-electron chi connectivity index (χ0n) is 9.44. The summed E-state index contributed by atoms with van der Waals surface area (Å²) in [6.45, 7) is 2.63. The minimum Gasteiger partial charge on any atom is -0.508 e. The van der Waals surface area contributed by atoms with Crippen molar-refractivity contribution in [1.82, 2.24) is 9.78 Å². The standard InChI is InChI=1S/C12H15N3O/c1-9-6-12(15(2)14-9)13-8-10-4-3-5-11(16)7-10/h3-7,13,16H,8H2,1-2H3. The fraction of sp³-hybridized carbons (Fsp3) is 0.250. The van der Waals surface area contributed by atoms with Gasteiger partial charge in [-0.1, -0.05) is 12.1 Å². The predicted octanol–water partition coefficient (Wildman–Crippen LogP) is 2.05. The number of phenols is 1. The van der Waals surface area contributed by atoms with Gasteiger partial charge in [0.2, 0.25) is 0 Å². The average Bonchev–Trinajstić information content (AvgIpc) is 2.54. The highest BCUT2D eigenvalue weighted by Gasteiger charge is 2.01. The lowest BCUT2D eigenvalue weighted by molar-refractivity contribution is 0.474. The third-order valence-corrected chi connectivity index (χ3v) is 2.39. The molecule has 0 bridgehead atoms. The number of aromatic nitrogens is 2. The van der Waals surface area contributed by atoms with Crippen LogP contribution in [0, 0.1) is 6.92 Å². The number of benzene rings is 1. The normalized spacial score (nSPS) is 10.4. The minimum absolute atomic E-state index is 0.292. The number of hydrogen-bond donors (Lipinski definition) is 2. The van der Waals surface area contributed by atoms with Crippen LogP contribution in [-0.2, 0) is 13.6 Å². The van der Waals surface area contributed by atoms with Gasteiger partial charge in [0.15, 0.2) is 0 Å². The molecule has 2 aromatic rings. The van der Waals surface area contributed by atoms with Gasteiger partial charge in [0.05, 0.1) is 5.69 Å². The van der Waals surface area contributed by atoms with E-state index >= 15 is 0 Å². The van der Waals surface area contributed by atoms with Crippen LogP contribution in [0.4, 0.5) is 5.82 Å². The molecule has 16 heavy (non-hydrogen) atoms. The van der Waals surface area contributed by atoms with Gasteiger partial charge in [0.1, 0.15) is 11.6 Å². The molecule has 0 saturated carbocycles. The third kappa shape index (κ3) is 2.34. The summed E-state index contributed by atoms with van der Waals surface area (Å²) in [6.07, 6.45) is 0. The lowest BCUT2D eigenvalue weighted by atomic mass is 10.2. The first-order valence-corrected chi connectivity index (χ1v) is 5.17.